The van der Waals surface area contributed by atoms with Gasteiger partial charge in [-0.05, 0) is 54.4 Å². The summed E-state index contributed by atoms with van der Waals surface area (Å²) < 4.78 is 46.1. The van der Waals surface area contributed by atoms with Gasteiger partial charge in [0, 0.05) is 11.1 Å². The molecule has 4 rings (SSSR count). The van der Waals surface area contributed by atoms with Gasteiger partial charge in [-0.2, -0.15) is 0 Å². The van der Waals surface area contributed by atoms with Crippen LogP contribution in [-0.4, -0.2) is 33.1 Å². The number of aliphatic carboxylic acids is 1. The number of rotatable bonds is 4. The monoisotopic (exact) mass is 405 g/mol. The SMILES string of the molecule is Cc1c(CC(=O)O)c2cc(F)ccc2n1S(=O)(=O)c1cccc2snnc12. The van der Waals surface area contributed by atoms with Gasteiger partial charge in [-0.25, -0.2) is 16.8 Å². The number of hydrogen-bond acceptors (Lipinski definition) is 6. The third-order valence-corrected chi connectivity index (χ3v) is 6.86. The van der Waals surface area contributed by atoms with Crippen molar-refractivity contribution in [2.45, 2.75) is 18.2 Å². The average molecular weight is 405 g/mol. The molecule has 4 aromatic rings. The summed E-state index contributed by atoms with van der Waals surface area (Å²) >= 11 is 1.07. The highest BCUT2D eigenvalue weighted by Gasteiger charge is 2.28. The molecule has 10 heteroatoms. The lowest BCUT2D eigenvalue weighted by atomic mass is 10.1. The van der Waals surface area contributed by atoms with Crippen molar-refractivity contribution in [3.63, 3.8) is 0 Å². The van der Waals surface area contributed by atoms with Crippen molar-refractivity contribution in [1.29, 1.82) is 0 Å². The molecule has 2 heterocycles. The Balaban J connectivity index is 2.08. The molecule has 0 aliphatic rings. The number of carbonyl (C=O) groups is 1. The first-order chi connectivity index (χ1) is 12.8. The number of fused-ring (bicyclic) bond motifs is 2. The zero-order valence-corrected chi connectivity index (χ0v) is 15.5. The number of benzene rings is 2. The van der Waals surface area contributed by atoms with E-state index in [1.165, 1.54) is 19.1 Å². The molecule has 0 aliphatic carbocycles. The van der Waals surface area contributed by atoms with Crippen molar-refractivity contribution in [2.75, 3.05) is 0 Å². The van der Waals surface area contributed by atoms with Gasteiger partial charge in [-0.15, -0.1) is 5.10 Å². The summed E-state index contributed by atoms with van der Waals surface area (Å²) in [5.74, 6) is -1.71. The fourth-order valence-electron chi connectivity index (χ4n) is 3.20. The number of carboxylic acid groups (broad SMARTS) is 1. The molecular weight excluding hydrogens is 393 g/mol. The number of aromatic nitrogens is 3. The van der Waals surface area contributed by atoms with E-state index in [4.69, 9.17) is 0 Å². The van der Waals surface area contributed by atoms with Gasteiger partial charge >= 0.3 is 5.97 Å². The normalized spacial score (nSPS) is 12.1. The molecule has 0 radical (unpaired) electrons. The molecule has 7 nitrogen and oxygen atoms in total. The second kappa shape index (κ2) is 6.10. The minimum atomic E-state index is -4.12. The molecule has 1 N–H and O–H groups in total. The summed E-state index contributed by atoms with van der Waals surface area (Å²) in [6.07, 6.45) is -0.420. The fraction of sp³-hybridized carbons (Fsp3) is 0.118. The molecule has 27 heavy (non-hydrogen) atoms. The van der Waals surface area contributed by atoms with Crippen LogP contribution in [-0.2, 0) is 21.2 Å². The molecule has 0 unspecified atom stereocenters. The highest BCUT2D eigenvalue weighted by Crippen LogP contribution is 2.33. The third-order valence-electron chi connectivity index (χ3n) is 4.33. The van der Waals surface area contributed by atoms with Crippen LogP contribution in [0.4, 0.5) is 4.39 Å². The predicted molar refractivity (Wildman–Crippen MR) is 98.0 cm³/mol. The first-order valence-corrected chi connectivity index (χ1v) is 10.00. The number of halogens is 1. The minimum absolute atomic E-state index is 0.0417. The van der Waals surface area contributed by atoms with Gasteiger partial charge in [0.2, 0.25) is 0 Å². The summed E-state index contributed by atoms with van der Waals surface area (Å²) in [4.78, 5) is 11.2. The van der Waals surface area contributed by atoms with Crippen LogP contribution >= 0.6 is 11.5 Å². The molecule has 2 aromatic carbocycles. The molecule has 138 valence electrons. The average Bonchev–Trinajstić information content (AvgIpc) is 3.18. The molecule has 0 bridgehead atoms. The van der Waals surface area contributed by atoms with E-state index in [0.717, 1.165) is 27.6 Å². The minimum Gasteiger partial charge on any atom is -0.481 e. The Morgan fingerprint density at radius 1 is 1.30 bits per heavy atom. The summed E-state index contributed by atoms with van der Waals surface area (Å²) in [7, 11) is -4.12. The van der Waals surface area contributed by atoms with Crippen molar-refractivity contribution in [2.24, 2.45) is 0 Å². The van der Waals surface area contributed by atoms with E-state index in [2.05, 4.69) is 9.59 Å². The topological polar surface area (TPSA) is 102 Å². The highest BCUT2D eigenvalue weighted by atomic mass is 32.2. The zero-order valence-electron chi connectivity index (χ0n) is 13.9. The standard InChI is InChI=1S/C17H12FN3O4S2/c1-9-11(8-16(22)23)12-7-10(18)5-6-13(12)21(9)27(24,25)15-4-2-3-14-17(15)19-20-26-14/h2-7H,8H2,1H3,(H,22,23). The lowest BCUT2D eigenvalue weighted by Gasteiger charge is -2.10. The Labute approximate surface area is 156 Å². The Morgan fingerprint density at radius 2 is 2.07 bits per heavy atom. The number of hydrogen-bond donors (Lipinski definition) is 1. The van der Waals surface area contributed by atoms with Crippen molar-refractivity contribution in [3.05, 3.63) is 53.5 Å². The molecular formula is C17H12FN3O4S2. The van der Waals surface area contributed by atoms with E-state index in [1.807, 2.05) is 0 Å². The second-order valence-corrected chi connectivity index (χ2v) is 8.48. The van der Waals surface area contributed by atoms with E-state index >= 15 is 0 Å². The fourth-order valence-corrected chi connectivity index (χ4v) is 5.58. The van der Waals surface area contributed by atoms with Crippen LogP contribution in [0.15, 0.2) is 41.3 Å². The maximum atomic E-state index is 13.8. The van der Waals surface area contributed by atoms with Gasteiger partial charge in [0.05, 0.1) is 16.6 Å². The molecule has 0 spiro atoms. The molecule has 0 saturated carbocycles. The Morgan fingerprint density at radius 3 is 2.81 bits per heavy atom. The molecule has 0 aliphatic heterocycles. The number of carboxylic acids is 1. The van der Waals surface area contributed by atoms with Crippen LogP contribution in [0.2, 0.25) is 0 Å². The van der Waals surface area contributed by atoms with Crippen LogP contribution in [0.5, 0.6) is 0 Å². The van der Waals surface area contributed by atoms with E-state index in [1.54, 1.807) is 12.1 Å². The lowest BCUT2D eigenvalue weighted by molar-refractivity contribution is -0.136. The van der Waals surface area contributed by atoms with E-state index in [0.29, 0.717) is 4.70 Å². The Bertz CT molecular complexity index is 1320. The van der Waals surface area contributed by atoms with Gasteiger partial charge in [0.25, 0.3) is 10.0 Å². The first kappa shape index (κ1) is 17.6. The van der Waals surface area contributed by atoms with E-state index in [9.17, 15) is 22.7 Å². The summed E-state index contributed by atoms with van der Waals surface area (Å²) in [6, 6.07) is 8.35. The van der Waals surface area contributed by atoms with Crippen LogP contribution in [0, 0.1) is 12.7 Å². The van der Waals surface area contributed by atoms with Gasteiger partial charge < -0.3 is 5.11 Å². The Kier molecular flexibility index (Phi) is 3.97. The van der Waals surface area contributed by atoms with Crippen molar-refractivity contribution in [1.82, 2.24) is 13.6 Å². The lowest BCUT2D eigenvalue weighted by Crippen LogP contribution is -2.15. The first-order valence-electron chi connectivity index (χ1n) is 7.78. The predicted octanol–water partition coefficient (Wildman–Crippen LogP) is 2.96. The molecule has 0 amide bonds. The maximum absolute atomic E-state index is 13.8. The molecule has 0 atom stereocenters. The second-order valence-electron chi connectivity index (χ2n) is 5.94. The summed E-state index contributed by atoms with van der Waals surface area (Å²) in [5.41, 5.74) is 0.929. The van der Waals surface area contributed by atoms with Gasteiger partial charge in [0.1, 0.15) is 16.2 Å². The zero-order chi connectivity index (χ0) is 19.3. The third kappa shape index (κ3) is 2.68. The van der Waals surface area contributed by atoms with Crippen molar-refractivity contribution >= 4 is 48.6 Å². The van der Waals surface area contributed by atoms with Crippen LogP contribution in [0.25, 0.3) is 21.1 Å². The van der Waals surface area contributed by atoms with Crippen LogP contribution < -0.4 is 0 Å². The maximum Gasteiger partial charge on any atom is 0.307 e. The quantitative estimate of drug-likeness (QED) is 0.560. The van der Waals surface area contributed by atoms with Crippen LogP contribution in [0.3, 0.4) is 0 Å². The molecule has 0 fully saturated rings. The molecule has 2 aromatic heterocycles. The smallest absolute Gasteiger partial charge is 0.307 e. The van der Waals surface area contributed by atoms with Crippen molar-refractivity contribution < 1.29 is 22.7 Å². The van der Waals surface area contributed by atoms with Gasteiger partial charge in [-0.3, -0.25) is 4.79 Å². The van der Waals surface area contributed by atoms with Gasteiger partial charge in [-0.1, -0.05) is 10.6 Å². The Hall–Kier alpha value is -2.85. The van der Waals surface area contributed by atoms with Crippen molar-refractivity contribution in [3.8, 4) is 0 Å². The molecule has 0 saturated heterocycles. The summed E-state index contributed by atoms with van der Waals surface area (Å²) in [6.45, 7) is 1.51. The van der Waals surface area contributed by atoms with Crippen LogP contribution in [0.1, 0.15) is 11.3 Å². The highest BCUT2D eigenvalue weighted by molar-refractivity contribution is 7.90. The van der Waals surface area contributed by atoms with E-state index in [-0.39, 0.29) is 32.6 Å². The van der Waals surface area contributed by atoms with E-state index < -0.39 is 28.2 Å². The van der Waals surface area contributed by atoms with Gasteiger partial charge in [0.15, 0.2) is 0 Å². The number of nitrogens with zero attached hydrogens (tertiary/aromatic N) is 3. The largest absolute Gasteiger partial charge is 0.481 e. The summed E-state index contributed by atoms with van der Waals surface area (Å²) in [5, 5.41) is 13.4.